The highest BCUT2D eigenvalue weighted by Gasteiger charge is 2.37. The summed E-state index contributed by atoms with van der Waals surface area (Å²) in [7, 11) is 0. The van der Waals surface area contributed by atoms with Gasteiger partial charge in [0.25, 0.3) is 0 Å². The maximum absolute atomic E-state index is 12.9. The number of ether oxygens (including phenoxy) is 2. The minimum Gasteiger partial charge on any atom is -0.461 e. The molecule has 0 spiro atoms. The molecule has 2 atom stereocenters. The molecule has 2 N–H and O–H groups in total. The molecule has 1 rings (SSSR count). The first-order chi connectivity index (χ1) is 13.1. The Morgan fingerprint density at radius 2 is 1.86 bits per heavy atom. The second kappa shape index (κ2) is 11.4. The summed E-state index contributed by atoms with van der Waals surface area (Å²) in [6, 6.07) is -0.823. The van der Waals surface area contributed by atoms with Crippen LogP contribution in [-0.4, -0.2) is 60.0 Å². The molecule has 1 aliphatic heterocycles. The fourth-order valence-electron chi connectivity index (χ4n) is 3.01. The Morgan fingerprint density at radius 3 is 2.36 bits per heavy atom. The highest BCUT2D eigenvalue weighted by atomic mass is 16.6. The quantitative estimate of drug-likeness (QED) is 0.349. The van der Waals surface area contributed by atoms with E-state index in [1.54, 1.807) is 0 Å². The molecule has 0 aromatic heterocycles. The number of hydrogen-bond acceptors (Lipinski definition) is 6. The molecule has 0 bridgehead atoms. The molecular weight excluding hydrogens is 364 g/mol. The molecule has 28 heavy (non-hydrogen) atoms. The Balaban J connectivity index is 2.83. The molecule has 1 aliphatic rings. The topological polar surface area (TPSA) is 105 Å². The molecule has 0 aromatic carbocycles. The van der Waals surface area contributed by atoms with Crippen LogP contribution in [0.2, 0.25) is 0 Å². The number of carbonyl (C=O) groups excluding carboxylic acids is 3. The number of amides is 2. The van der Waals surface area contributed by atoms with Crippen LogP contribution in [0.4, 0.5) is 0 Å². The van der Waals surface area contributed by atoms with Gasteiger partial charge in [-0.3, -0.25) is 14.8 Å². The average Bonchev–Trinajstić information content (AvgIpc) is 2.62. The van der Waals surface area contributed by atoms with Gasteiger partial charge in [-0.05, 0) is 11.8 Å². The zero-order valence-corrected chi connectivity index (χ0v) is 17.8. The predicted molar refractivity (Wildman–Crippen MR) is 104 cm³/mol. The summed E-state index contributed by atoms with van der Waals surface area (Å²) in [6.45, 7) is 9.82. The predicted octanol–water partition coefficient (Wildman–Crippen LogP) is 2.28. The van der Waals surface area contributed by atoms with Crippen molar-refractivity contribution in [1.29, 1.82) is 0 Å². The van der Waals surface area contributed by atoms with Crippen molar-refractivity contribution in [3.05, 3.63) is 0 Å². The van der Waals surface area contributed by atoms with Gasteiger partial charge >= 0.3 is 5.97 Å². The molecule has 2 amide bonds. The van der Waals surface area contributed by atoms with E-state index in [2.05, 4.69) is 5.32 Å². The zero-order chi connectivity index (χ0) is 21.3. The summed E-state index contributed by atoms with van der Waals surface area (Å²) in [6.07, 6.45) is 3.25. The van der Waals surface area contributed by atoms with Crippen LogP contribution >= 0.6 is 0 Å². The number of nitrogens with zero attached hydrogens (tertiary/aromatic N) is 1. The van der Waals surface area contributed by atoms with Gasteiger partial charge in [-0.1, -0.05) is 40.5 Å². The van der Waals surface area contributed by atoms with Gasteiger partial charge in [0.15, 0.2) is 0 Å². The molecule has 1 heterocycles. The van der Waals surface area contributed by atoms with Gasteiger partial charge in [-0.2, -0.15) is 0 Å². The fourth-order valence-corrected chi connectivity index (χ4v) is 3.01. The smallest absolute Gasteiger partial charge is 0.329 e. The summed E-state index contributed by atoms with van der Waals surface area (Å²) < 4.78 is 10.9. The third-order valence-electron chi connectivity index (χ3n) is 4.87. The first-order valence-electron chi connectivity index (χ1n) is 10.1. The molecule has 0 aromatic rings. The van der Waals surface area contributed by atoms with E-state index < -0.39 is 29.3 Å². The van der Waals surface area contributed by atoms with Crippen molar-refractivity contribution < 1.29 is 29.1 Å². The fraction of sp³-hybridized carbons (Fsp3) is 0.850. The van der Waals surface area contributed by atoms with Gasteiger partial charge in [0.1, 0.15) is 12.1 Å². The largest absolute Gasteiger partial charge is 0.461 e. The molecule has 0 aliphatic carbocycles. The van der Waals surface area contributed by atoms with E-state index in [4.69, 9.17) is 9.47 Å². The Labute approximate surface area is 167 Å². The lowest BCUT2D eigenvalue weighted by Crippen LogP contribution is -2.53. The van der Waals surface area contributed by atoms with E-state index in [0.717, 1.165) is 12.8 Å². The highest BCUT2D eigenvalue weighted by molar-refractivity contribution is 5.86. The number of esters is 1. The minimum absolute atomic E-state index is 0.104. The monoisotopic (exact) mass is 400 g/mol. The number of carbonyl (C=O) groups is 3. The first kappa shape index (κ1) is 24.4. The molecule has 0 saturated carbocycles. The number of nitrogens with one attached hydrogen (secondary N) is 1. The maximum atomic E-state index is 12.9. The Kier molecular flexibility index (Phi) is 9.89. The molecule has 1 saturated heterocycles. The lowest BCUT2D eigenvalue weighted by Gasteiger charge is -2.33. The SMILES string of the molecule is CCCCC(CN(O)C(C)=O)C(=O)N[C@H](C(=O)OC1CCOCC1)C(C)(C)C. The zero-order valence-electron chi connectivity index (χ0n) is 17.8. The van der Waals surface area contributed by atoms with E-state index in [-0.39, 0.29) is 18.6 Å². The molecule has 162 valence electrons. The van der Waals surface area contributed by atoms with Crippen LogP contribution in [-0.2, 0) is 23.9 Å². The van der Waals surface area contributed by atoms with Crippen molar-refractivity contribution in [2.75, 3.05) is 19.8 Å². The highest BCUT2D eigenvalue weighted by Crippen LogP contribution is 2.23. The maximum Gasteiger partial charge on any atom is 0.329 e. The van der Waals surface area contributed by atoms with Crippen LogP contribution in [0.15, 0.2) is 0 Å². The first-order valence-corrected chi connectivity index (χ1v) is 10.1. The Bertz CT molecular complexity index is 525. The number of hydrogen-bond donors (Lipinski definition) is 2. The van der Waals surface area contributed by atoms with E-state index in [1.807, 2.05) is 27.7 Å². The molecule has 8 nitrogen and oxygen atoms in total. The lowest BCUT2D eigenvalue weighted by atomic mass is 9.86. The van der Waals surface area contributed by atoms with E-state index >= 15 is 0 Å². The molecule has 0 radical (unpaired) electrons. The Morgan fingerprint density at radius 1 is 1.25 bits per heavy atom. The Hall–Kier alpha value is -1.67. The van der Waals surface area contributed by atoms with Crippen LogP contribution in [0.1, 0.15) is 66.7 Å². The van der Waals surface area contributed by atoms with Crippen molar-refractivity contribution in [3.63, 3.8) is 0 Å². The van der Waals surface area contributed by atoms with E-state index in [0.29, 0.717) is 37.5 Å². The third-order valence-corrected chi connectivity index (χ3v) is 4.87. The summed E-state index contributed by atoms with van der Waals surface area (Å²) in [4.78, 5) is 37.0. The van der Waals surface area contributed by atoms with Gasteiger partial charge in [0, 0.05) is 19.8 Å². The van der Waals surface area contributed by atoms with Gasteiger partial charge in [0.05, 0.1) is 25.7 Å². The summed E-state index contributed by atoms with van der Waals surface area (Å²) in [5.74, 6) is -1.96. The summed E-state index contributed by atoms with van der Waals surface area (Å²) in [5, 5.41) is 13.1. The van der Waals surface area contributed by atoms with Crippen molar-refractivity contribution in [1.82, 2.24) is 10.4 Å². The van der Waals surface area contributed by atoms with Crippen LogP contribution < -0.4 is 5.32 Å². The number of rotatable bonds is 9. The second-order valence-corrected chi connectivity index (χ2v) is 8.50. The van der Waals surface area contributed by atoms with Crippen molar-refractivity contribution in [2.24, 2.45) is 11.3 Å². The van der Waals surface area contributed by atoms with Crippen LogP contribution in [0.5, 0.6) is 0 Å². The lowest BCUT2D eigenvalue weighted by molar-refractivity contribution is -0.168. The van der Waals surface area contributed by atoms with Crippen LogP contribution in [0.25, 0.3) is 0 Å². The van der Waals surface area contributed by atoms with E-state index in [9.17, 15) is 19.6 Å². The molecule has 1 fully saturated rings. The van der Waals surface area contributed by atoms with Crippen molar-refractivity contribution >= 4 is 17.8 Å². The molecular formula is C20H36N2O6. The summed E-state index contributed by atoms with van der Waals surface area (Å²) in [5.41, 5.74) is -0.549. The number of unbranched alkanes of at least 4 members (excludes halogenated alkanes) is 1. The molecule has 8 heteroatoms. The standard InChI is InChI=1S/C20H36N2O6/c1-6-7-8-15(13-22(26)14(2)23)18(24)21-17(20(3,4)5)19(25)28-16-9-11-27-12-10-16/h15-17,26H,6-13H2,1-5H3,(H,21,24)/t15?,17-/m1/s1. The average molecular weight is 401 g/mol. The minimum atomic E-state index is -0.823. The van der Waals surface area contributed by atoms with Crippen molar-refractivity contribution in [3.8, 4) is 0 Å². The second-order valence-electron chi connectivity index (χ2n) is 8.50. The van der Waals surface area contributed by atoms with Gasteiger partial charge in [-0.15, -0.1) is 0 Å². The van der Waals surface area contributed by atoms with Crippen LogP contribution in [0.3, 0.4) is 0 Å². The van der Waals surface area contributed by atoms with E-state index in [1.165, 1.54) is 6.92 Å². The normalized spacial score (nSPS) is 17.5. The van der Waals surface area contributed by atoms with Crippen LogP contribution in [0, 0.1) is 11.3 Å². The summed E-state index contributed by atoms with van der Waals surface area (Å²) >= 11 is 0. The van der Waals surface area contributed by atoms with Gasteiger partial charge < -0.3 is 14.8 Å². The van der Waals surface area contributed by atoms with Gasteiger partial charge in [0.2, 0.25) is 11.8 Å². The number of hydroxylamine groups is 2. The molecule has 1 unspecified atom stereocenters. The third kappa shape index (κ3) is 8.14. The van der Waals surface area contributed by atoms with Crippen molar-refractivity contribution in [2.45, 2.75) is 78.9 Å². The van der Waals surface area contributed by atoms with Gasteiger partial charge in [-0.25, -0.2) is 9.86 Å².